The van der Waals surface area contributed by atoms with Crippen LogP contribution in [0.15, 0.2) is 51.4 Å². The van der Waals surface area contributed by atoms with Crippen LogP contribution in [0.25, 0.3) is 10.9 Å². The van der Waals surface area contributed by atoms with Crippen LogP contribution in [0.5, 0.6) is 0 Å². The standard InChI is InChI=1S/C16H20ClFN4O2S.C16H21FN4O2S.C11H14FIN4O2S.CH4/c1-8(2)14-13(17)9-5-11(18)10(6-12(9)20-14)16(3)7-25(23,24)22(4)15(19)21-16;1-10(2)5-6-11-7-13(17)12(8-14(11)18)16(3)9-24(22,23)21(4)15(19)20-16;1-11(5-20(18,19)17(2)10(15)16-11)6-3-9(14)8(13)4-7(6)12;/h5-6,8,20H,7H2,1-4H3,(H2,19,21);7-8,10H,9,18H2,1-4H3,(H2,19,20);3-4H,5,14H2,1-2H3,(H2,15,16);1H4/t2*16-;11-;/m000./s1. The molecule has 3 aliphatic heterocycles. The van der Waals surface area contributed by atoms with E-state index in [1.807, 2.05) is 50.3 Å². The molecular weight excluding hydrogens is 1110 g/mol. The molecule has 0 unspecified atom stereocenters. The number of nitrogens with two attached hydrogens (primary N) is 5. The SMILES string of the molecule is C.CC(C)C#Cc1cc(F)c([C@]2(C)CS(=O)(=O)N(C)C(N)=N2)cc1N.CC(C)c1[nH]c2cc([C@]3(C)CS(=O)(=O)N(C)C(N)=N3)c(F)cc2c1Cl.CN1C(N)=N[C@](C)(c2cc(N)c(I)cc2F)CS1(=O)=O. The van der Waals surface area contributed by atoms with Crippen molar-refractivity contribution in [3.63, 3.8) is 0 Å². The van der Waals surface area contributed by atoms with E-state index in [-0.39, 0.29) is 71.0 Å². The second-order valence-corrected chi connectivity index (χ2v) is 25.5. The molecule has 3 atom stereocenters. The number of nitrogens with zero attached hydrogens (tertiary/aromatic N) is 6. The van der Waals surface area contributed by atoms with Crippen molar-refractivity contribution in [1.82, 2.24) is 17.9 Å². The van der Waals surface area contributed by atoms with Gasteiger partial charge in [-0.1, -0.05) is 58.6 Å². The number of aliphatic imine (C=N–C) groups is 3. The number of nitrogens with one attached hydrogen (secondary N) is 1. The Morgan fingerprint density at radius 3 is 1.41 bits per heavy atom. The van der Waals surface area contributed by atoms with Gasteiger partial charge in [0.05, 0.1) is 27.8 Å². The summed E-state index contributed by atoms with van der Waals surface area (Å²) in [6.07, 6.45) is 0. The van der Waals surface area contributed by atoms with Gasteiger partial charge in [-0.05, 0) is 85.7 Å². The van der Waals surface area contributed by atoms with Crippen LogP contribution < -0.4 is 28.7 Å². The van der Waals surface area contributed by atoms with Crippen LogP contribution in [0.4, 0.5) is 24.5 Å². The second-order valence-electron chi connectivity index (χ2n) is 18.0. The maximum Gasteiger partial charge on any atom is 0.239 e. The summed E-state index contributed by atoms with van der Waals surface area (Å²) in [4.78, 5) is 15.7. The van der Waals surface area contributed by atoms with Crippen molar-refractivity contribution in [3.05, 3.63) is 90.4 Å². The number of H-pyrrole nitrogens is 1. The summed E-state index contributed by atoms with van der Waals surface area (Å²) in [5, 5.41) is 1.03. The first-order valence-corrected chi connectivity index (χ1v) is 27.1. The number of hydrogen-bond donors (Lipinski definition) is 6. The molecule has 0 bridgehead atoms. The molecule has 3 aliphatic rings. The Morgan fingerprint density at radius 1 is 0.657 bits per heavy atom. The van der Waals surface area contributed by atoms with Crippen LogP contribution in [0.1, 0.15) is 89.8 Å². The van der Waals surface area contributed by atoms with Crippen LogP contribution in [-0.4, -0.2) is 99.4 Å². The molecule has 26 heteroatoms. The fourth-order valence-electron chi connectivity index (χ4n) is 7.59. The van der Waals surface area contributed by atoms with E-state index in [2.05, 4.69) is 31.8 Å². The van der Waals surface area contributed by atoms with E-state index in [0.29, 0.717) is 30.7 Å². The first kappa shape index (κ1) is 57.4. The second kappa shape index (κ2) is 20.1. The molecule has 0 saturated heterocycles. The fourth-order valence-corrected chi connectivity index (χ4v) is 12.8. The molecule has 0 spiro atoms. The Balaban J connectivity index is 0.000000228. The summed E-state index contributed by atoms with van der Waals surface area (Å²) in [5.41, 5.74) is 27.6. The highest BCUT2D eigenvalue weighted by Gasteiger charge is 2.44. The molecule has 0 amide bonds. The van der Waals surface area contributed by atoms with Crippen molar-refractivity contribution in [1.29, 1.82) is 0 Å². The average Bonchev–Trinajstić information content (AvgIpc) is 3.54. The van der Waals surface area contributed by atoms with Gasteiger partial charge in [-0.25, -0.2) is 66.3 Å². The predicted molar refractivity (Wildman–Crippen MR) is 282 cm³/mol. The summed E-state index contributed by atoms with van der Waals surface area (Å²) < 4.78 is 120. The lowest BCUT2D eigenvalue weighted by atomic mass is 9.92. The lowest BCUT2D eigenvalue weighted by Gasteiger charge is -2.34. The number of benzene rings is 3. The third-order valence-electron chi connectivity index (χ3n) is 11.6. The molecule has 18 nitrogen and oxygen atoms in total. The summed E-state index contributed by atoms with van der Waals surface area (Å²) in [7, 11) is -7.05. The molecule has 4 heterocycles. The third kappa shape index (κ3) is 11.5. The van der Waals surface area contributed by atoms with Crippen molar-refractivity contribution in [2.45, 2.75) is 78.4 Å². The zero-order valence-corrected chi connectivity index (χ0v) is 44.7. The minimum Gasteiger partial charge on any atom is -0.398 e. The van der Waals surface area contributed by atoms with Gasteiger partial charge in [0.15, 0.2) is 0 Å². The number of fused-ring (bicyclic) bond motifs is 1. The van der Waals surface area contributed by atoms with Gasteiger partial charge in [-0.15, -0.1) is 0 Å². The lowest BCUT2D eigenvalue weighted by molar-refractivity contribution is 0.456. The topological polar surface area (TPSA) is 295 Å². The molecule has 0 aliphatic carbocycles. The van der Waals surface area contributed by atoms with Crippen LogP contribution in [0, 0.1) is 38.8 Å². The normalized spacial score (nSPS) is 23.4. The number of halogens is 5. The smallest absolute Gasteiger partial charge is 0.239 e. The van der Waals surface area contributed by atoms with E-state index in [9.17, 15) is 38.4 Å². The molecule has 0 fully saturated rings. The van der Waals surface area contributed by atoms with Gasteiger partial charge in [-0.2, -0.15) is 0 Å². The monoisotopic (exact) mass is 1170 g/mol. The van der Waals surface area contributed by atoms with Crippen molar-refractivity contribution in [2.75, 3.05) is 49.9 Å². The summed E-state index contributed by atoms with van der Waals surface area (Å²) in [6.45, 7) is 12.4. The molecule has 11 N–H and O–H groups in total. The molecule has 4 aromatic rings. The zero-order chi connectivity index (χ0) is 52.3. The largest absolute Gasteiger partial charge is 0.398 e. The van der Waals surface area contributed by atoms with Gasteiger partial charge in [-0.3, -0.25) is 0 Å². The van der Waals surface area contributed by atoms with Crippen molar-refractivity contribution >= 4 is 104 Å². The number of aromatic nitrogens is 1. The quantitative estimate of drug-likeness (QED) is 0.0835. The van der Waals surface area contributed by atoms with Crippen molar-refractivity contribution < 1.29 is 38.4 Å². The van der Waals surface area contributed by atoms with Crippen LogP contribution in [-0.2, 0) is 46.7 Å². The van der Waals surface area contributed by atoms with E-state index in [1.54, 1.807) is 13.0 Å². The maximum absolute atomic E-state index is 14.8. The van der Waals surface area contributed by atoms with E-state index in [0.717, 1.165) is 18.6 Å². The first-order valence-electron chi connectivity index (χ1n) is 20.8. The Hall–Kier alpha value is -5.17. The number of guanidine groups is 3. The molecule has 1 aromatic heterocycles. The number of hydrogen-bond acceptors (Lipinski definition) is 14. The van der Waals surface area contributed by atoms with Crippen LogP contribution >= 0.6 is 34.2 Å². The molecular formula is C44H59ClF3IN12O6S3. The predicted octanol–water partition coefficient (Wildman–Crippen LogP) is 5.56. The molecule has 7 rings (SSSR count). The maximum atomic E-state index is 14.8. The average molecular weight is 1170 g/mol. The van der Waals surface area contributed by atoms with Gasteiger partial charge in [0.2, 0.25) is 47.9 Å². The Bertz CT molecular complexity index is 3250. The van der Waals surface area contributed by atoms with E-state index >= 15 is 0 Å². The van der Waals surface area contributed by atoms with Crippen molar-refractivity contribution in [3.8, 4) is 11.8 Å². The van der Waals surface area contributed by atoms with Crippen molar-refractivity contribution in [2.24, 2.45) is 38.1 Å². The molecule has 0 saturated carbocycles. The van der Waals surface area contributed by atoms with Gasteiger partial charge in [0.25, 0.3) is 0 Å². The fraction of sp³-hybridized carbons (Fsp3) is 0.432. The van der Waals surface area contributed by atoms with Gasteiger partial charge in [0, 0.05) is 75.3 Å². The number of anilines is 2. The van der Waals surface area contributed by atoms with E-state index in [4.69, 9.17) is 40.3 Å². The summed E-state index contributed by atoms with van der Waals surface area (Å²) >= 11 is 8.24. The number of nitrogen functional groups attached to an aromatic ring is 2. The Kier molecular flexibility index (Phi) is 16.5. The summed E-state index contributed by atoms with van der Waals surface area (Å²) in [6, 6.07) is 8.15. The van der Waals surface area contributed by atoms with Gasteiger partial charge >= 0.3 is 0 Å². The molecule has 70 heavy (non-hydrogen) atoms. The van der Waals surface area contributed by atoms with Crippen LogP contribution in [0.2, 0.25) is 5.02 Å². The minimum atomic E-state index is -3.69. The highest BCUT2D eigenvalue weighted by Crippen LogP contribution is 2.40. The zero-order valence-electron chi connectivity index (χ0n) is 39.4. The van der Waals surface area contributed by atoms with Gasteiger partial charge < -0.3 is 33.7 Å². The molecule has 384 valence electrons. The van der Waals surface area contributed by atoms with E-state index in [1.165, 1.54) is 65.3 Å². The highest BCUT2D eigenvalue weighted by molar-refractivity contribution is 14.1. The highest BCUT2D eigenvalue weighted by atomic mass is 127. The van der Waals surface area contributed by atoms with E-state index < -0.39 is 69.9 Å². The third-order valence-corrected chi connectivity index (χ3v) is 18.8. The minimum absolute atomic E-state index is 0. The number of rotatable bonds is 4. The first-order chi connectivity index (χ1) is 31.5. The number of sulfonamides is 3. The Morgan fingerprint density at radius 2 is 1.03 bits per heavy atom. The summed E-state index contributed by atoms with van der Waals surface area (Å²) in [5.74, 6) is 2.60. The Labute approximate surface area is 426 Å². The lowest BCUT2D eigenvalue weighted by Crippen LogP contribution is -2.50. The molecule has 0 radical (unpaired) electrons. The number of aromatic amines is 1. The molecule has 3 aromatic carbocycles. The van der Waals surface area contributed by atoms with Crippen LogP contribution in [0.3, 0.4) is 0 Å². The van der Waals surface area contributed by atoms with Gasteiger partial charge in [0.1, 0.15) is 34.1 Å².